The number of rotatable bonds is 8. The van der Waals surface area contributed by atoms with Crippen molar-refractivity contribution in [2.45, 2.75) is 5.41 Å². The average molecular weight is 717 g/mol. The summed E-state index contributed by atoms with van der Waals surface area (Å²) < 4.78 is 2.33. The predicted octanol–water partition coefficient (Wildman–Crippen LogP) is 12.4. The van der Waals surface area contributed by atoms with Gasteiger partial charge in [0.2, 0.25) is 0 Å². The van der Waals surface area contributed by atoms with Crippen molar-refractivity contribution >= 4 is 21.8 Å². The normalized spacial score (nSPS) is 11.6. The van der Waals surface area contributed by atoms with E-state index < -0.39 is 5.41 Å². The maximum Gasteiger partial charge on any atom is 0.164 e. The SMILES string of the molecule is c1ccc(-c2nc(-c3cccc(-n4c5ccccc5c5ccccc54)c3)nc(-c3cccc(C(c4ccccc4)(c4ccccc4)c4ccccc4)c3)n2)cc1. The molecule has 2 aromatic heterocycles. The van der Waals surface area contributed by atoms with Crippen LogP contribution >= 0.6 is 0 Å². The fourth-order valence-electron chi connectivity index (χ4n) is 8.29. The second-order valence-electron chi connectivity index (χ2n) is 14.0. The lowest BCUT2D eigenvalue weighted by molar-refractivity contribution is 0.745. The van der Waals surface area contributed by atoms with Crippen LogP contribution in [0.15, 0.2) is 218 Å². The second kappa shape index (κ2) is 14.1. The van der Waals surface area contributed by atoms with Crippen LogP contribution in [-0.2, 0) is 5.41 Å². The van der Waals surface area contributed by atoms with Gasteiger partial charge < -0.3 is 4.57 Å². The second-order valence-corrected chi connectivity index (χ2v) is 14.0. The van der Waals surface area contributed by atoms with Crippen molar-refractivity contribution in [2.24, 2.45) is 0 Å². The van der Waals surface area contributed by atoms with Crippen LogP contribution in [0.1, 0.15) is 22.3 Å². The van der Waals surface area contributed by atoms with Gasteiger partial charge in [-0.25, -0.2) is 15.0 Å². The van der Waals surface area contributed by atoms with Gasteiger partial charge in [-0.15, -0.1) is 0 Å². The average Bonchev–Trinajstić information content (AvgIpc) is 3.63. The maximum absolute atomic E-state index is 5.26. The fourth-order valence-corrected chi connectivity index (χ4v) is 8.29. The molecule has 4 nitrogen and oxygen atoms in total. The van der Waals surface area contributed by atoms with E-state index in [-0.39, 0.29) is 0 Å². The Kier molecular flexibility index (Phi) is 8.34. The molecule has 10 aromatic rings. The summed E-state index contributed by atoms with van der Waals surface area (Å²) in [4.78, 5) is 15.6. The number of nitrogens with zero attached hydrogens (tertiary/aromatic N) is 4. The Balaban J connectivity index is 1.18. The maximum atomic E-state index is 5.26. The number of fused-ring (bicyclic) bond motifs is 3. The van der Waals surface area contributed by atoms with E-state index in [0.29, 0.717) is 17.5 Å². The molecule has 10 rings (SSSR count). The Morgan fingerprint density at radius 1 is 0.304 bits per heavy atom. The molecule has 0 aliphatic carbocycles. The van der Waals surface area contributed by atoms with Gasteiger partial charge in [0.05, 0.1) is 16.4 Å². The molecule has 0 radical (unpaired) electrons. The van der Waals surface area contributed by atoms with Crippen LogP contribution < -0.4 is 0 Å². The van der Waals surface area contributed by atoms with Crippen LogP contribution in [0, 0.1) is 0 Å². The minimum Gasteiger partial charge on any atom is -0.309 e. The molecule has 0 bridgehead atoms. The van der Waals surface area contributed by atoms with Gasteiger partial charge in [-0.3, -0.25) is 0 Å². The third-order valence-corrected chi connectivity index (χ3v) is 10.8. The standard InChI is InChI=1S/C52H36N4/c1-5-19-37(20-6-1)49-53-50(55-51(54-49)39-22-18-30-44(36-39)56-47-33-15-13-31-45(47)46-32-14-16-34-48(46)56)38-21-17-29-43(35-38)52(40-23-7-2-8-24-40,41-25-9-3-10-26-41)42-27-11-4-12-28-42/h1-36H. The molecule has 0 atom stereocenters. The molecule has 4 heteroatoms. The summed E-state index contributed by atoms with van der Waals surface area (Å²) in [6, 6.07) is 76.9. The van der Waals surface area contributed by atoms with E-state index in [1.165, 1.54) is 27.5 Å². The molecule has 0 fully saturated rings. The van der Waals surface area contributed by atoms with E-state index in [9.17, 15) is 0 Å². The van der Waals surface area contributed by atoms with Crippen molar-refractivity contribution in [3.05, 3.63) is 241 Å². The zero-order valence-corrected chi connectivity index (χ0v) is 30.6. The zero-order chi connectivity index (χ0) is 37.3. The highest BCUT2D eigenvalue weighted by Gasteiger charge is 2.38. The van der Waals surface area contributed by atoms with Crippen molar-refractivity contribution in [1.29, 1.82) is 0 Å². The van der Waals surface area contributed by atoms with Crippen molar-refractivity contribution in [3.63, 3.8) is 0 Å². The van der Waals surface area contributed by atoms with Gasteiger partial charge in [-0.1, -0.05) is 188 Å². The van der Waals surface area contributed by atoms with Gasteiger partial charge >= 0.3 is 0 Å². The summed E-state index contributed by atoms with van der Waals surface area (Å²) in [6.45, 7) is 0. The van der Waals surface area contributed by atoms with E-state index in [1.807, 2.05) is 18.2 Å². The van der Waals surface area contributed by atoms with E-state index in [2.05, 4.69) is 205 Å². The quantitative estimate of drug-likeness (QED) is 0.147. The number of hydrogen-bond donors (Lipinski definition) is 0. The van der Waals surface area contributed by atoms with Crippen LogP contribution in [0.2, 0.25) is 0 Å². The molecule has 264 valence electrons. The van der Waals surface area contributed by atoms with Crippen LogP contribution in [0.25, 0.3) is 61.7 Å². The van der Waals surface area contributed by atoms with E-state index in [4.69, 9.17) is 15.0 Å². The van der Waals surface area contributed by atoms with Crippen LogP contribution in [0.3, 0.4) is 0 Å². The summed E-state index contributed by atoms with van der Waals surface area (Å²) in [5.41, 5.74) is 10.2. The van der Waals surface area contributed by atoms with Gasteiger partial charge in [0.1, 0.15) is 0 Å². The Labute approximate surface area is 326 Å². The van der Waals surface area contributed by atoms with Crippen molar-refractivity contribution in [3.8, 4) is 39.9 Å². The van der Waals surface area contributed by atoms with Crippen molar-refractivity contribution in [1.82, 2.24) is 19.5 Å². The molecule has 0 aliphatic heterocycles. The number of benzene rings is 8. The number of para-hydroxylation sites is 2. The largest absolute Gasteiger partial charge is 0.309 e. The Bertz CT molecular complexity index is 2810. The summed E-state index contributed by atoms with van der Waals surface area (Å²) in [5, 5.41) is 2.44. The Morgan fingerprint density at radius 2 is 0.679 bits per heavy atom. The van der Waals surface area contributed by atoms with Crippen LogP contribution in [0.5, 0.6) is 0 Å². The first-order valence-corrected chi connectivity index (χ1v) is 19.0. The van der Waals surface area contributed by atoms with Crippen molar-refractivity contribution in [2.75, 3.05) is 0 Å². The molecule has 0 aliphatic rings. The fraction of sp³-hybridized carbons (Fsp3) is 0.0192. The van der Waals surface area contributed by atoms with E-state index >= 15 is 0 Å². The minimum atomic E-state index is -0.603. The molecule has 0 saturated heterocycles. The first-order chi connectivity index (χ1) is 27.8. The molecule has 0 amide bonds. The lowest BCUT2D eigenvalue weighted by Crippen LogP contribution is -2.31. The highest BCUT2D eigenvalue weighted by Crippen LogP contribution is 2.46. The van der Waals surface area contributed by atoms with Crippen LogP contribution in [-0.4, -0.2) is 19.5 Å². The topological polar surface area (TPSA) is 43.6 Å². The summed E-state index contributed by atoms with van der Waals surface area (Å²) in [5.74, 6) is 1.85. The van der Waals surface area contributed by atoms with Gasteiger partial charge in [-0.05, 0) is 52.6 Å². The first-order valence-electron chi connectivity index (χ1n) is 19.0. The zero-order valence-electron chi connectivity index (χ0n) is 30.6. The molecular weight excluding hydrogens is 681 g/mol. The molecule has 0 N–H and O–H groups in total. The van der Waals surface area contributed by atoms with Gasteiger partial charge in [-0.2, -0.15) is 0 Å². The third kappa shape index (κ3) is 5.67. The highest BCUT2D eigenvalue weighted by molar-refractivity contribution is 6.09. The molecule has 8 aromatic carbocycles. The van der Waals surface area contributed by atoms with E-state index in [1.54, 1.807) is 0 Å². The molecule has 0 spiro atoms. The smallest absolute Gasteiger partial charge is 0.164 e. The third-order valence-electron chi connectivity index (χ3n) is 10.8. The lowest BCUT2D eigenvalue weighted by atomic mass is 9.65. The summed E-state index contributed by atoms with van der Waals surface area (Å²) in [7, 11) is 0. The number of aromatic nitrogens is 4. The Hall–Kier alpha value is -7.43. The summed E-state index contributed by atoms with van der Waals surface area (Å²) >= 11 is 0. The minimum absolute atomic E-state index is 0.603. The van der Waals surface area contributed by atoms with E-state index in [0.717, 1.165) is 39.0 Å². The highest BCUT2D eigenvalue weighted by atomic mass is 15.0. The number of hydrogen-bond acceptors (Lipinski definition) is 3. The van der Waals surface area contributed by atoms with Crippen LogP contribution in [0.4, 0.5) is 0 Å². The Morgan fingerprint density at radius 3 is 1.20 bits per heavy atom. The first kappa shape index (κ1) is 33.2. The summed E-state index contributed by atoms with van der Waals surface area (Å²) in [6.07, 6.45) is 0. The predicted molar refractivity (Wildman–Crippen MR) is 229 cm³/mol. The van der Waals surface area contributed by atoms with Gasteiger partial charge in [0.15, 0.2) is 17.5 Å². The van der Waals surface area contributed by atoms with Crippen molar-refractivity contribution < 1.29 is 0 Å². The molecule has 56 heavy (non-hydrogen) atoms. The molecular formula is C52H36N4. The van der Waals surface area contributed by atoms with Gasteiger partial charge in [0, 0.05) is 33.2 Å². The monoisotopic (exact) mass is 716 g/mol. The van der Waals surface area contributed by atoms with Gasteiger partial charge in [0.25, 0.3) is 0 Å². The molecule has 0 saturated carbocycles. The molecule has 0 unspecified atom stereocenters. The molecule has 2 heterocycles. The lowest BCUT2D eigenvalue weighted by Gasteiger charge is -2.37.